The average Bonchev–Trinajstić information content (AvgIpc) is 3.42. The van der Waals surface area contributed by atoms with Crippen LogP contribution in [0.15, 0.2) is 41.8 Å². The van der Waals surface area contributed by atoms with Crippen molar-refractivity contribution in [3.8, 4) is 0 Å². The zero-order chi connectivity index (χ0) is 25.8. The second kappa shape index (κ2) is 9.50. The van der Waals surface area contributed by atoms with Crippen LogP contribution in [0.25, 0.3) is 0 Å². The maximum atomic E-state index is 13.2. The van der Waals surface area contributed by atoms with Crippen molar-refractivity contribution in [1.29, 1.82) is 0 Å². The molecule has 1 aromatic rings. The highest BCUT2D eigenvalue weighted by molar-refractivity contribution is 7.89. The number of hydrogen-bond donors (Lipinski definition) is 2. The number of benzene rings is 1. The van der Waals surface area contributed by atoms with Gasteiger partial charge < -0.3 is 15.4 Å². The fourth-order valence-electron chi connectivity index (χ4n) is 8.29. The summed E-state index contributed by atoms with van der Waals surface area (Å²) in [7, 11) is -3.67. The van der Waals surface area contributed by atoms with E-state index in [4.69, 9.17) is 4.74 Å². The quantitative estimate of drug-likeness (QED) is 0.502. The SMILES string of the molecule is C=CC(=O)NC1CC2CN(S(=O)(=O)c3ccc(NC(=O)CCC45CC6CC(CC(C6)C4)C5)cc3)CC2O1. The summed E-state index contributed by atoms with van der Waals surface area (Å²) >= 11 is 0. The van der Waals surface area contributed by atoms with E-state index in [2.05, 4.69) is 17.2 Å². The molecule has 4 saturated carbocycles. The summed E-state index contributed by atoms with van der Waals surface area (Å²) < 4.78 is 33.7. The summed E-state index contributed by atoms with van der Waals surface area (Å²) in [5.74, 6) is 2.39. The van der Waals surface area contributed by atoms with Crippen LogP contribution in [0.4, 0.5) is 5.69 Å². The molecule has 37 heavy (non-hydrogen) atoms. The molecule has 4 bridgehead atoms. The summed E-state index contributed by atoms with van der Waals surface area (Å²) in [6.07, 6.45) is 10.7. The van der Waals surface area contributed by atoms with Gasteiger partial charge in [-0.3, -0.25) is 9.59 Å². The lowest BCUT2D eigenvalue weighted by atomic mass is 9.48. The molecule has 2 aliphatic heterocycles. The standard InChI is InChI=1S/C28H37N3O5S/c1-2-25(32)30-27-12-21-16-31(17-24(21)36-27)37(34,35)23-5-3-22(4-6-23)29-26(33)7-8-28-13-18-9-19(14-28)11-20(10-18)15-28/h2-6,18-21,24,27H,1,7-17H2,(H,29,33)(H,30,32). The van der Waals surface area contributed by atoms with Gasteiger partial charge in [0, 0.05) is 31.1 Å². The normalized spacial score (nSPS) is 36.3. The van der Waals surface area contributed by atoms with E-state index in [1.54, 1.807) is 24.3 Å². The zero-order valence-electron chi connectivity index (χ0n) is 21.2. The van der Waals surface area contributed by atoms with Gasteiger partial charge in [-0.25, -0.2) is 8.42 Å². The molecule has 2 heterocycles. The van der Waals surface area contributed by atoms with Gasteiger partial charge >= 0.3 is 0 Å². The monoisotopic (exact) mass is 527 g/mol. The smallest absolute Gasteiger partial charge is 0.245 e. The van der Waals surface area contributed by atoms with Gasteiger partial charge in [-0.2, -0.15) is 4.31 Å². The van der Waals surface area contributed by atoms with E-state index in [0.29, 0.717) is 30.5 Å². The number of rotatable bonds is 8. The Hall–Kier alpha value is -2.23. The zero-order valence-corrected chi connectivity index (χ0v) is 22.0. The molecule has 4 aliphatic carbocycles. The summed E-state index contributed by atoms with van der Waals surface area (Å²) in [6.45, 7) is 4.06. The molecule has 0 spiro atoms. The number of nitrogens with zero attached hydrogens (tertiary/aromatic N) is 1. The third kappa shape index (κ3) is 4.98. The van der Waals surface area contributed by atoms with Crippen LogP contribution < -0.4 is 10.6 Å². The minimum atomic E-state index is -3.67. The second-order valence-corrected chi connectivity index (χ2v) is 14.1. The number of sulfonamides is 1. The van der Waals surface area contributed by atoms with E-state index in [1.807, 2.05) is 0 Å². The Morgan fingerprint density at radius 2 is 1.68 bits per heavy atom. The molecule has 2 N–H and O–H groups in total. The summed E-state index contributed by atoms with van der Waals surface area (Å²) in [6, 6.07) is 6.46. The molecule has 3 atom stereocenters. The Kier molecular flexibility index (Phi) is 6.44. The third-order valence-electron chi connectivity index (χ3n) is 9.52. The van der Waals surface area contributed by atoms with Crippen molar-refractivity contribution in [2.75, 3.05) is 18.4 Å². The Bertz CT molecular complexity index is 1130. The van der Waals surface area contributed by atoms with Gasteiger partial charge in [-0.15, -0.1) is 0 Å². The van der Waals surface area contributed by atoms with Crippen molar-refractivity contribution in [1.82, 2.24) is 9.62 Å². The van der Waals surface area contributed by atoms with Crippen LogP contribution in [0.5, 0.6) is 0 Å². The maximum Gasteiger partial charge on any atom is 0.245 e. The molecule has 6 fully saturated rings. The number of ether oxygens (including phenoxy) is 1. The molecular formula is C28H37N3O5S. The van der Waals surface area contributed by atoms with Gasteiger partial charge in [0.1, 0.15) is 6.23 Å². The van der Waals surface area contributed by atoms with Crippen LogP contribution in [0, 0.1) is 29.1 Å². The molecule has 0 aromatic heterocycles. The molecule has 1 aromatic carbocycles. The predicted molar refractivity (Wildman–Crippen MR) is 139 cm³/mol. The first-order chi connectivity index (χ1) is 17.7. The molecule has 0 radical (unpaired) electrons. The maximum absolute atomic E-state index is 13.2. The summed E-state index contributed by atoms with van der Waals surface area (Å²) in [4.78, 5) is 24.5. The predicted octanol–water partition coefficient (Wildman–Crippen LogP) is 3.66. The fourth-order valence-corrected chi connectivity index (χ4v) is 9.80. The first-order valence-corrected chi connectivity index (χ1v) is 15.1. The second-order valence-electron chi connectivity index (χ2n) is 12.2. The van der Waals surface area contributed by atoms with Gasteiger partial charge in [0.2, 0.25) is 21.8 Å². The number of anilines is 1. The van der Waals surface area contributed by atoms with Crippen LogP contribution in [-0.2, 0) is 24.3 Å². The van der Waals surface area contributed by atoms with Gasteiger partial charge in [-0.05, 0) is 105 Å². The van der Waals surface area contributed by atoms with E-state index in [-0.39, 0.29) is 35.3 Å². The van der Waals surface area contributed by atoms with Crippen molar-refractivity contribution in [2.24, 2.45) is 29.1 Å². The van der Waals surface area contributed by atoms with Crippen molar-refractivity contribution in [3.63, 3.8) is 0 Å². The molecule has 8 nitrogen and oxygen atoms in total. The Labute approximate surface area is 219 Å². The molecule has 3 unspecified atom stereocenters. The van der Waals surface area contributed by atoms with Crippen molar-refractivity contribution in [2.45, 2.75) is 75.0 Å². The van der Waals surface area contributed by atoms with Crippen LogP contribution in [0.2, 0.25) is 0 Å². The van der Waals surface area contributed by atoms with Crippen molar-refractivity contribution < 1.29 is 22.7 Å². The molecule has 6 aliphatic rings. The number of amides is 2. The number of carbonyl (C=O) groups is 2. The highest BCUT2D eigenvalue weighted by Gasteiger charge is 2.50. The highest BCUT2D eigenvalue weighted by atomic mass is 32.2. The summed E-state index contributed by atoms with van der Waals surface area (Å²) in [5, 5.41) is 5.70. The lowest BCUT2D eigenvalue weighted by Crippen LogP contribution is -2.46. The summed E-state index contributed by atoms with van der Waals surface area (Å²) in [5.41, 5.74) is 0.996. The van der Waals surface area contributed by atoms with Gasteiger partial charge in [0.15, 0.2) is 0 Å². The van der Waals surface area contributed by atoms with Crippen LogP contribution >= 0.6 is 0 Å². The van der Waals surface area contributed by atoms with E-state index < -0.39 is 16.3 Å². The van der Waals surface area contributed by atoms with Crippen molar-refractivity contribution in [3.05, 3.63) is 36.9 Å². The molecule has 200 valence electrons. The number of fused-ring (bicyclic) bond motifs is 1. The van der Waals surface area contributed by atoms with E-state index in [0.717, 1.165) is 24.2 Å². The van der Waals surface area contributed by atoms with E-state index >= 15 is 0 Å². The average molecular weight is 528 g/mol. The number of carbonyl (C=O) groups excluding carboxylic acids is 2. The largest absolute Gasteiger partial charge is 0.354 e. The molecule has 2 amide bonds. The van der Waals surface area contributed by atoms with Crippen LogP contribution in [0.3, 0.4) is 0 Å². The topological polar surface area (TPSA) is 105 Å². The van der Waals surface area contributed by atoms with Crippen LogP contribution in [-0.4, -0.2) is 50.0 Å². The molecule has 2 saturated heterocycles. The number of hydrogen-bond acceptors (Lipinski definition) is 5. The lowest BCUT2D eigenvalue weighted by molar-refractivity contribution is -0.120. The van der Waals surface area contributed by atoms with Gasteiger partial charge in [-0.1, -0.05) is 6.58 Å². The Morgan fingerprint density at radius 1 is 1.03 bits per heavy atom. The highest BCUT2D eigenvalue weighted by Crippen LogP contribution is 2.61. The Morgan fingerprint density at radius 3 is 2.27 bits per heavy atom. The number of nitrogens with one attached hydrogen (secondary N) is 2. The molecule has 7 rings (SSSR count). The lowest BCUT2D eigenvalue weighted by Gasteiger charge is -2.57. The van der Waals surface area contributed by atoms with Gasteiger partial charge in [0.25, 0.3) is 0 Å². The van der Waals surface area contributed by atoms with Gasteiger partial charge in [0.05, 0.1) is 11.0 Å². The van der Waals surface area contributed by atoms with E-state index in [1.165, 1.54) is 48.9 Å². The minimum Gasteiger partial charge on any atom is -0.354 e. The minimum absolute atomic E-state index is 0.00830. The van der Waals surface area contributed by atoms with E-state index in [9.17, 15) is 18.0 Å². The molecule has 9 heteroatoms. The fraction of sp³-hybridized carbons (Fsp3) is 0.643. The third-order valence-corrected chi connectivity index (χ3v) is 11.4. The van der Waals surface area contributed by atoms with Crippen molar-refractivity contribution >= 4 is 27.5 Å². The van der Waals surface area contributed by atoms with Crippen LogP contribution in [0.1, 0.15) is 57.8 Å². The first kappa shape index (κ1) is 25.1. The molecular weight excluding hydrogens is 490 g/mol. The first-order valence-electron chi connectivity index (χ1n) is 13.7. The Balaban J connectivity index is 1.01.